The number of methoxy groups -OCH3 is 1. The average Bonchev–Trinajstić information content (AvgIpc) is 2.40. The van der Waals surface area contributed by atoms with Gasteiger partial charge in [-0.3, -0.25) is 0 Å². The standard InChI is InChI=1S/C15H23NO/c1-17-15-10-6-5-9-14(15)16-12-11-13-7-3-2-4-8-13/h2-4,7-8,14-16H,5-6,9-12H2,1H3/p+1. The van der Waals surface area contributed by atoms with Crippen LogP contribution in [0.4, 0.5) is 0 Å². The van der Waals surface area contributed by atoms with E-state index in [9.17, 15) is 0 Å². The Morgan fingerprint density at radius 1 is 1.18 bits per heavy atom. The summed E-state index contributed by atoms with van der Waals surface area (Å²) in [5.74, 6) is 0. The van der Waals surface area contributed by atoms with E-state index in [1.807, 2.05) is 7.11 Å². The molecule has 1 aliphatic rings. The summed E-state index contributed by atoms with van der Waals surface area (Å²) in [4.78, 5) is 0. The summed E-state index contributed by atoms with van der Waals surface area (Å²) in [7, 11) is 1.86. The SMILES string of the molecule is COC1CCCCC1[NH2+]CCc1ccccc1. The molecular formula is C15H24NO+. The molecule has 1 fully saturated rings. The van der Waals surface area contributed by atoms with Crippen LogP contribution in [0.25, 0.3) is 0 Å². The lowest BCUT2D eigenvalue weighted by atomic mass is 9.92. The second kappa shape index (κ2) is 6.77. The molecule has 2 nitrogen and oxygen atoms in total. The topological polar surface area (TPSA) is 25.8 Å². The smallest absolute Gasteiger partial charge is 0.112 e. The van der Waals surface area contributed by atoms with Crippen LogP contribution in [-0.4, -0.2) is 25.8 Å². The van der Waals surface area contributed by atoms with Crippen molar-refractivity contribution in [3.63, 3.8) is 0 Å². The minimum absolute atomic E-state index is 0.472. The van der Waals surface area contributed by atoms with Crippen LogP contribution in [-0.2, 0) is 11.2 Å². The second-order valence-corrected chi connectivity index (χ2v) is 4.98. The Kier molecular flexibility index (Phi) is 5.02. The molecule has 1 saturated carbocycles. The summed E-state index contributed by atoms with van der Waals surface area (Å²) in [6.07, 6.45) is 6.89. The van der Waals surface area contributed by atoms with Crippen LogP contribution in [0.2, 0.25) is 0 Å². The molecule has 2 rings (SSSR count). The van der Waals surface area contributed by atoms with Crippen LogP contribution < -0.4 is 5.32 Å². The summed E-state index contributed by atoms with van der Waals surface area (Å²) in [5, 5.41) is 2.49. The van der Waals surface area contributed by atoms with Gasteiger partial charge >= 0.3 is 0 Å². The quantitative estimate of drug-likeness (QED) is 0.825. The molecular weight excluding hydrogens is 210 g/mol. The van der Waals surface area contributed by atoms with Crippen LogP contribution in [0.3, 0.4) is 0 Å². The number of benzene rings is 1. The van der Waals surface area contributed by atoms with Crippen molar-refractivity contribution in [1.29, 1.82) is 0 Å². The Hall–Kier alpha value is -0.860. The third-order valence-electron chi connectivity index (χ3n) is 3.80. The molecule has 0 bridgehead atoms. The second-order valence-electron chi connectivity index (χ2n) is 4.98. The fraction of sp³-hybridized carbons (Fsp3) is 0.600. The Balaban J connectivity index is 1.74. The first-order valence-electron chi connectivity index (χ1n) is 6.80. The molecule has 0 spiro atoms. The summed E-state index contributed by atoms with van der Waals surface area (Å²) < 4.78 is 5.58. The monoisotopic (exact) mass is 234 g/mol. The van der Waals surface area contributed by atoms with E-state index in [2.05, 4.69) is 35.6 Å². The minimum atomic E-state index is 0.472. The zero-order valence-electron chi connectivity index (χ0n) is 10.8. The van der Waals surface area contributed by atoms with Gasteiger partial charge in [0.2, 0.25) is 0 Å². The summed E-state index contributed by atoms with van der Waals surface area (Å²) in [6, 6.07) is 11.4. The van der Waals surface area contributed by atoms with Gasteiger partial charge in [-0.1, -0.05) is 36.8 Å². The summed E-state index contributed by atoms with van der Waals surface area (Å²) in [6.45, 7) is 1.18. The Morgan fingerprint density at radius 3 is 2.71 bits per heavy atom. The predicted octanol–water partition coefficient (Wildman–Crippen LogP) is 1.75. The number of ether oxygens (including phenoxy) is 1. The van der Waals surface area contributed by atoms with Gasteiger partial charge in [0.25, 0.3) is 0 Å². The van der Waals surface area contributed by atoms with Gasteiger partial charge in [-0.05, 0) is 18.4 Å². The van der Waals surface area contributed by atoms with Crippen LogP contribution in [0.15, 0.2) is 30.3 Å². The van der Waals surface area contributed by atoms with Crippen molar-refractivity contribution in [3.05, 3.63) is 35.9 Å². The lowest BCUT2D eigenvalue weighted by molar-refractivity contribution is -0.698. The number of quaternary nitrogens is 1. The van der Waals surface area contributed by atoms with E-state index in [0.717, 1.165) is 6.42 Å². The van der Waals surface area contributed by atoms with Crippen molar-refractivity contribution < 1.29 is 10.1 Å². The average molecular weight is 234 g/mol. The van der Waals surface area contributed by atoms with Gasteiger partial charge in [-0.2, -0.15) is 0 Å². The molecule has 17 heavy (non-hydrogen) atoms. The van der Waals surface area contributed by atoms with Gasteiger partial charge in [0.15, 0.2) is 0 Å². The highest BCUT2D eigenvalue weighted by Crippen LogP contribution is 2.18. The van der Waals surface area contributed by atoms with Crippen LogP contribution in [0, 0.1) is 0 Å². The maximum Gasteiger partial charge on any atom is 0.112 e. The highest BCUT2D eigenvalue weighted by Gasteiger charge is 2.27. The third kappa shape index (κ3) is 3.83. The van der Waals surface area contributed by atoms with Gasteiger partial charge in [0.1, 0.15) is 12.1 Å². The molecule has 94 valence electrons. The molecule has 1 aliphatic carbocycles. The fourth-order valence-electron chi connectivity index (χ4n) is 2.80. The molecule has 2 atom stereocenters. The highest BCUT2D eigenvalue weighted by atomic mass is 16.5. The van der Waals surface area contributed by atoms with E-state index in [4.69, 9.17) is 4.74 Å². The van der Waals surface area contributed by atoms with Gasteiger partial charge in [-0.25, -0.2) is 0 Å². The first kappa shape index (κ1) is 12.6. The van der Waals surface area contributed by atoms with Crippen LogP contribution >= 0.6 is 0 Å². The fourth-order valence-corrected chi connectivity index (χ4v) is 2.80. The van der Waals surface area contributed by atoms with E-state index >= 15 is 0 Å². The van der Waals surface area contributed by atoms with Gasteiger partial charge in [0, 0.05) is 20.0 Å². The minimum Gasteiger partial charge on any atom is -0.375 e. The van der Waals surface area contributed by atoms with Crippen molar-refractivity contribution in [2.75, 3.05) is 13.7 Å². The van der Waals surface area contributed by atoms with E-state index in [-0.39, 0.29) is 0 Å². The summed E-state index contributed by atoms with van der Waals surface area (Å²) in [5.41, 5.74) is 1.44. The van der Waals surface area contributed by atoms with Crippen molar-refractivity contribution >= 4 is 0 Å². The molecule has 0 amide bonds. The molecule has 2 heteroatoms. The van der Waals surface area contributed by atoms with E-state index < -0.39 is 0 Å². The number of hydrogen-bond acceptors (Lipinski definition) is 1. The molecule has 1 aromatic rings. The maximum absolute atomic E-state index is 5.58. The Morgan fingerprint density at radius 2 is 1.94 bits per heavy atom. The molecule has 0 heterocycles. The van der Waals surface area contributed by atoms with Gasteiger partial charge < -0.3 is 10.1 Å². The molecule has 0 saturated heterocycles. The first-order valence-corrected chi connectivity index (χ1v) is 6.80. The molecule has 2 N–H and O–H groups in total. The first-order chi connectivity index (χ1) is 8.40. The van der Waals surface area contributed by atoms with Crippen molar-refractivity contribution in [2.45, 2.75) is 44.2 Å². The summed E-state index contributed by atoms with van der Waals surface area (Å²) >= 11 is 0. The van der Waals surface area contributed by atoms with E-state index in [1.165, 1.54) is 37.8 Å². The van der Waals surface area contributed by atoms with Crippen molar-refractivity contribution in [1.82, 2.24) is 0 Å². The Labute approximate surface area is 104 Å². The predicted molar refractivity (Wildman–Crippen MR) is 70.0 cm³/mol. The highest BCUT2D eigenvalue weighted by molar-refractivity contribution is 5.14. The molecule has 2 unspecified atom stereocenters. The van der Waals surface area contributed by atoms with E-state index in [1.54, 1.807) is 0 Å². The number of hydrogen-bond donors (Lipinski definition) is 1. The third-order valence-corrected chi connectivity index (χ3v) is 3.80. The zero-order valence-corrected chi connectivity index (χ0v) is 10.8. The molecule has 0 aliphatic heterocycles. The largest absolute Gasteiger partial charge is 0.375 e. The lowest BCUT2D eigenvalue weighted by Gasteiger charge is -2.28. The maximum atomic E-state index is 5.58. The van der Waals surface area contributed by atoms with E-state index in [0.29, 0.717) is 12.1 Å². The molecule has 0 radical (unpaired) electrons. The van der Waals surface area contributed by atoms with Crippen LogP contribution in [0.1, 0.15) is 31.2 Å². The van der Waals surface area contributed by atoms with Crippen molar-refractivity contribution in [3.8, 4) is 0 Å². The zero-order chi connectivity index (χ0) is 11.9. The Bertz CT molecular complexity index is 312. The van der Waals surface area contributed by atoms with Crippen molar-refractivity contribution in [2.24, 2.45) is 0 Å². The number of rotatable bonds is 5. The normalized spacial score (nSPS) is 24.8. The number of nitrogens with two attached hydrogens (primary N) is 1. The molecule has 0 aromatic heterocycles. The van der Waals surface area contributed by atoms with Gasteiger partial charge in [0.05, 0.1) is 6.54 Å². The lowest BCUT2D eigenvalue weighted by Crippen LogP contribution is -2.93. The van der Waals surface area contributed by atoms with Crippen LogP contribution in [0.5, 0.6) is 0 Å². The van der Waals surface area contributed by atoms with Gasteiger partial charge in [-0.15, -0.1) is 0 Å². The molecule has 1 aromatic carbocycles.